The summed E-state index contributed by atoms with van der Waals surface area (Å²) < 4.78 is 0. The van der Waals surface area contributed by atoms with E-state index in [-0.39, 0.29) is 28.8 Å². The maximum atomic E-state index is 12.1. The van der Waals surface area contributed by atoms with E-state index in [0.29, 0.717) is 0 Å². The number of nitrogens with one attached hydrogen (secondary N) is 1. The van der Waals surface area contributed by atoms with Crippen LogP contribution in [0, 0.1) is 5.41 Å². The first kappa shape index (κ1) is 12.9. The molecule has 0 saturated heterocycles. The zero-order valence-corrected chi connectivity index (χ0v) is 10.9. The highest BCUT2D eigenvalue weighted by Crippen LogP contribution is 2.35. The molecule has 1 aromatic rings. The van der Waals surface area contributed by atoms with Gasteiger partial charge in [0.05, 0.1) is 0 Å². The summed E-state index contributed by atoms with van der Waals surface area (Å²) in [4.78, 5) is 16.0. The minimum atomic E-state index is -0.284. The molecule has 1 unspecified atom stereocenters. The van der Waals surface area contributed by atoms with E-state index in [2.05, 4.69) is 24.1 Å². The van der Waals surface area contributed by atoms with E-state index in [1.54, 1.807) is 6.07 Å². The third-order valence-electron chi connectivity index (χ3n) is 3.81. The van der Waals surface area contributed by atoms with E-state index in [1.165, 1.54) is 18.7 Å². The van der Waals surface area contributed by atoms with Gasteiger partial charge in [0.15, 0.2) is 5.69 Å². The lowest BCUT2D eigenvalue weighted by Crippen LogP contribution is -2.47. The van der Waals surface area contributed by atoms with Crippen molar-refractivity contribution in [3.8, 4) is 5.75 Å². The van der Waals surface area contributed by atoms with Gasteiger partial charge in [0, 0.05) is 12.2 Å². The van der Waals surface area contributed by atoms with Gasteiger partial charge in [-0.1, -0.05) is 26.7 Å². The Bertz CT molecular complexity index is 443. The summed E-state index contributed by atoms with van der Waals surface area (Å²) in [5.74, 6) is -0.350. The van der Waals surface area contributed by atoms with E-state index in [4.69, 9.17) is 0 Å². The molecule has 4 heteroatoms. The number of nitrogens with zero attached hydrogens (tertiary/aromatic N) is 1. The first-order valence-electron chi connectivity index (χ1n) is 6.45. The molecule has 0 aliphatic heterocycles. The van der Waals surface area contributed by atoms with Crippen molar-refractivity contribution in [2.24, 2.45) is 5.41 Å². The standard InChI is InChI=1S/C14H20N2O2/c1-14(2)8-4-3-7-11(14)16-13(18)12-10(17)6-5-9-15-12/h5-6,9,11,17H,3-4,7-8H2,1-2H3,(H,16,18). The molecule has 1 aromatic heterocycles. The van der Waals surface area contributed by atoms with Gasteiger partial charge in [-0.25, -0.2) is 4.98 Å². The SMILES string of the molecule is CC1(C)CCCCC1NC(=O)c1ncccc1O. The molecule has 98 valence electrons. The van der Waals surface area contributed by atoms with Crippen LogP contribution in [-0.4, -0.2) is 22.0 Å². The van der Waals surface area contributed by atoms with Crippen LogP contribution in [-0.2, 0) is 0 Å². The fourth-order valence-electron chi connectivity index (χ4n) is 2.56. The Hall–Kier alpha value is -1.58. The van der Waals surface area contributed by atoms with Crippen LogP contribution in [0.5, 0.6) is 5.75 Å². The van der Waals surface area contributed by atoms with Gasteiger partial charge in [-0.05, 0) is 30.4 Å². The van der Waals surface area contributed by atoms with E-state index in [1.807, 2.05) is 0 Å². The molecule has 0 bridgehead atoms. The minimum Gasteiger partial charge on any atom is -0.505 e. The molecule has 1 amide bonds. The van der Waals surface area contributed by atoms with Gasteiger partial charge < -0.3 is 10.4 Å². The molecule has 18 heavy (non-hydrogen) atoms. The molecule has 1 heterocycles. The van der Waals surface area contributed by atoms with Crippen LogP contribution in [0.4, 0.5) is 0 Å². The molecular formula is C14H20N2O2. The number of hydrogen-bond acceptors (Lipinski definition) is 3. The number of pyridine rings is 1. The van der Waals surface area contributed by atoms with Crippen molar-refractivity contribution in [1.82, 2.24) is 10.3 Å². The number of rotatable bonds is 2. The van der Waals surface area contributed by atoms with Crippen molar-refractivity contribution in [1.29, 1.82) is 0 Å². The van der Waals surface area contributed by atoms with Crippen molar-refractivity contribution in [2.75, 3.05) is 0 Å². The fraction of sp³-hybridized carbons (Fsp3) is 0.571. The highest BCUT2D eigenvalue weighted by atomic mass is 16.3. The lowest BCUT2D eigenvalue weighted by Gasteiger charge is -2.38. The molecule has 0 aromatic carbocycles. The van der Waals surface area contributed by atoms with Gasteiger partial charge in [-0.3, -0.25) is 4.79 Å². The van der Waals surface area contributed by atoms with Gasteiger partial charge >= 0.3 is 0 Å². The molecule has 1 atom stereocenters. The van der Waals surface area contributed by atoms with Crippen molar-refractivity contribution in [3.63, 3.8) is 0 Å². The van der Waals surface area contributed by atoms with Crippen LogP contribution in [0.25, 0.3) is 0 Å². The first-order valence-corrected chi connectivity index (χ1v) is 6.45. The number of carbonyl (C=O) groups is 1. The van der Waals surface area contributed by atoms with Crippen LogP contribution in [0.15, 0.2) is 18.3 Å². The van der Waals surface area contributed by atoms with Gasteiger partial charge in [0.25, 0.3) is 5.91 Å². The second-order valence-corrected chi connectivity index (χ2v) is 5.63. The van der Waals surface area contributed by atoms with E-state index in [0.717, 1.165) is 19.3 Å². The maximum Gasteiger partial charge on any atom is 0.273 e. The Morgan fingerprint density at radius 2 is 2.28 bits per heavy atom. The van der Waals surface area contributed by atoms with Gasteiger partial charge in [0.2, 0.25) is 0 Å². The Morgan fingerprint density at radius 3 is 2.94 bits per heavy atom. The third-order valence-corrected chi connectivity index (χ3v) is 3.81. The van der Waals surface area contributed by atoms with Crippen molar-refractivity contribution in [3.05, 3.63) is 24.0 Å². The highest BCUT2D eigenvalue weighted by Gasteiger charge is 2.33. The Kier molecular flexibility index (Phi) is 3.55. The molecule has 4 nitrogen and oxygen atoms in total. The summed E-state index contributed by atoms with van der Waals surface area (Å²) in [6.45, 7) is 4.35. The van der Waals surface area contributed by atoms with Crippen LogP contribution in [0.2, 0.25) is 0 Å². The van der Waals surface area contributed by atoms with Crippen molar-refractivity contribution in [2.45, 2.75) is 45.6 Å². The number of aromatic nitrogens is 1. The summed E-state index contributed by atoms with van der Waals surface area (Å²) >= 11 is 0. The smallest absolute Gasteiger partial charge is 0.273 e. The Morgan fingerprint density at radius 1 is 1.50 bits per heavy atom. The molecule has 1 saturated carbocycles. The number of aromatic hydroxyl groups is 1. The number of hydrogen-bond donors (Lipinski definition) is 2. The zero-order valence-electron chi connectivity index (χ0n) is 10.9. The first-order chi connectivity index (χ1) is 8.50. The fourth-order valence-corrected chi connectivity index (χ4v) is 2.56. The number of carbonyl (C=O) groups excluding carboxylic acids is 1. The quantitative estimate of drug-likeness (QED) is 0.845. The van der Waals surface area contributed by atoms with Gasteiger partial charge in [0.1, 0.15) is 5.75 Å². The summed E-state index contributed by atoms with van der Waals surface area (Å²) in [7, 11) is 0. The largest absolute Gasteiger partial charge is 0.505 e. The summed E-state index contributed by atoms with van der Waals surface area (Å²) in [5, 5.41) is 12.6. The molecule has 2 N–H and O–H groups in total. The summed E-state index contributed by atoms with van der Waals surface area (Å²) in [6.07, 6.45) is 5.98. The highest BCUT2D eigenvalue weighted by molar-refractivity contribution is 5.94. The molecule has 0 spiro atoms. The molecule has 0 radical (unpaired) electrons. The lowest BCUT2D eigenvalue weighted by atomic mass is 9.73. The van der Waals surface area contributed by atoms with Crippen LogP contribution in [0.1, 0.15) is 50.0 Å². The van der Waals surface area contributed by atoms with Crippen molar-refractivity contribution >= 4 is 5.91 Å². The van der Waals surface area contributed by atoms with Crippen LogP contribution >= 0.6 is 0 Å². The molecule has 1 aliphatic rings. The van der Waals surface area contributed by atoms with Crippen LogP contribution in [0.3, 0.4) is 0 Å². The number of amides is 1. The Balaban J connectivity index is 2.10. The Labute approximate surface area is 107 Å². The van der Waals surface area contributed by atoms with Gasteiger partial charge in [-0.15, -0.1) is 0 Å². The molecule has 1 aliphatic carbocycles. The normalized spacial score (nSPS) is 22.4. The second-order valence-electron chi connectivity index (χ2n) is 5.63. The minimum absolute atomic E-state index is 0.0661. The average molecular weight is 248 g/mol. The summed E-state index contributed by atoms with van der Waals surface area (Å²) in [6, 6.07) is 3.24. The third kappa shape index (κ3) is 2.63. The van der Waals surface area contributed by atoms with Gasteiger partial charge in [-0.2, -0.15) is 0 Å². The van der Waals surface area contributed by atoms with Crippen molar-refractivity contribution < 1.29 is 9.90 Å². The predicted octanol–water partition coefficient (Wildman–Crippen LogP) is 2.49. The van der Waals surface area contributed by atoms with E-state index < -0.39 is 0 Å². The van der Waals surface area contributed by atoms with Crippen LogP contribution < -0.4 is 5.32 Å². The van der Waals surface area contributed by atoms with E-state index in [9.17, 15) is 9.90 Å². The maximum absolute atomic E-state index is 12.1. The predicted molar refractivity (Wildman–Crippen MR) is 69.4 cm³/mol. The lowest BCUT2D eigenvalue weighted by molar-refractivity contribution is 0.0845. The average Bonchev–Trinajstić information content (AvgIpc) is 2.32. The molecular weight excluding hydrogens is 228 g/mol. The zero-order chi connectivity index (χ0) is 13.2. The molecule has 2 rings (SSSR count). The summed E-state index contributed by atoms with van der Waals surface area (Å²) in [5.41, 5.74) is 0.220. The van der Waals surface area contributed by atoms with E-state index >= 15 is 0 Å². The second kappa shape index (κ2) is 4.96. The molecule has 1 fully saturated rings. The topological polar surface area (TPSA) is 62.2 Å². The monoisotopic (exact) mass is 248 g/mol.